The third kappa shape index (κ3) is 6.11. The molecule has 2 saturated carbocycles. The van der Waals surface area contributed by atoms with Gasteiger partial charge in [0, 0.05) is 34.2 Å². The van der Waals surface area contributed by atoms with Crippen LogP contribution in [0.15, 0.2) is 204 Å². The average Bonchev–Trinajstić information content (AvgIpc) is 4.27. The van der Waals surface area contributed by atoms with Crippen LogP contribution in [0.2, 0.25) is 0 Å². The van der Waals surface area contributed by atoms with Crippen LogP contribution in [0.3, 0.4) is 0 Å². The molecule has 0 amide bonds. The number of allylic oxidation sites excluding steroid dienone is 16. The molecule has 6 aromatic rings. The summed E-state index contributed by atoms with van der Waals surface area (Å²) in [6.45, 7) is 9.63. The molecular formula is C63H55N. The molecule has 13 rings (SSSR count). The zero-order chi connectivity index (χ0) is 42.6. The van der Waals surface area contributed by atoms with Gasteiger partial charge < -0.3 is 4.57 Å². The SMILES string of the molecule is C=C1CC(c2cccc(C3CC4=CC5=CC=CCC5C(n5c6ccccc6c6c7c(ccc65)C=CC5CC75)=C4C(C)/C=C\C4CC43)c2)=C(C)C(c2ccccc2)=CC1c1ccccc1. The summed E-state index contributed by atoms with van der Waals surface area (Å²) in [6, 6.07) is 45.9. The number of aromatic nitrogens is 1. The van der Waals surface area contributed by atoms with Gasteiger partial charge in [-0.2, -0.15) is 0 Å². The Kier molecular flexibility index (Phi) is 8.81. The molecule has 0 spiro atoms. The molecule has 7 aliphatic rings. The van der Waals surface area contributed by atoms with E-state index in [2.05, 4.69) is 194 Å². The van der Waals surface area contributed by atoms with Gasteiger partial charge in [0.1, 0.15) is 0 Å². The Balaban J connectivity index is 0.952. The molecule has 0 saturated heterocycles. The molecule has 7 aliphatic carbocycles. The van der Waals surface area contributed by atoms with Gasteiger partial charge in [-0.05, 0) is 148 Å². The minimum atomic E-state index is 0.148. The summed E-state index contributed by atoms with van der Waals surface area (Å²) in [7, 11) is 0. The quantitative estimate of drug-likeness (QED) is 0.153. The first-order chi connectivity index (χ1) is 31.5. The lowest BCUT2D eigenvalue weighted by molar-refractivity contribution is 0.576. The van der Waals surface area contributed by atoms with E-state index in [1.54, 1.807) is 11.1 Å². The Labute approximate surface area is 378 Å². The highest BCUT2D eigenvalue weighted by Gasteiger charge is 2.45. The second-order valence-electron chi connectivity index (χ2n) is 20.0. The van der Waals surface area contributed by atoms with Crippen molar-refractivity contribution in [2.45, 2.75) is 63.7 Å². The van der Waals surface area contributed by atoms with Crippen LogP contribution in [0.25, 0.3) is 44.7 Å². The second-order valence-corrected chi connectivity index (χ2v) is 20.0. The van der Waals surface area contributed by atoms with E-state index < -0.39 is 0 Å². The van der Waals surface area contributed by atoms with Gasteiger partial charge in [0.05, 0.1) is 11.0 Å². The maximum absolute atomic E-state index is 4.80. The molecule has 0 aliphatic heterocycles. The van der Waals surface area contributed by atoms with Crippen LogP contribution in [0.5, 0.6) is 0 Å². The van der Waals surface area contributed by atoms with Crippen molar-refractivity contribution >= 4 is 44.7 Å². The van der Waals surface area contributed by atoms with Gasteiger partial charge in [0.25, 0.3) is 0 Å². The number of fused-ring (bicyclic) bond motifs is 10. The van der Waals surface area contributed by atoms with Crippen LogP contribution in [0, 0.1) is 29.6 Å². The van der Waals surface area contributed by atoms with Gasteiger partial charge in [-0.15, -0.1) is 0 Å². The van der Waals surface area contributed by atoms with Crippen molar-refractivity contribution in [3.63, 3.8) is 0 Å². The number of hydrogen-bond donors (Lipinski definition) is 0. The van der Waals surface area contributed by atoms with Crippen molar-refractivity contribution in [1.82, 2.24) is 4.57 Å². The molecule has 0 bridgehead atoms. The maximum Gasteiger partial charge on any atom is 0.0541 e. The maximum atomic E-state index is 4.80. The summed E-state index contributed by atoms with van der Waals surface area (Å²) in [6.07, 6.45) is 27.8. The van der Waals surface area contributed by atoms with Crippen LogP contribution in [-0.2, 0) is 0 Å². The van der Waals surface area contributed by atoms with Gasteiger partial charge >= 0.3 is 0 Å². The van der Waals surface area contributed by atoms with E-state index in [1.165, 1.54) is 102 Å². The minimum Gasteiger partial charge on any atom is -0.312 e. The first kappa shape index (κ1) is 38.1. The van der Waals surface area contributed by atoms with Gasteiger partial charge in [-0.1, -0.05) is 183 Å². The molecular weight excluding hydrogens is 771 g/mol. The zero-order valence-electron chi connectivity index (χ0n) is 37.1. The number of rotatable bonds is 5. The fourth-order valence-corrected chi connectivity index (χ4v) is 12.9. The largest absolute Gasteiger partial charge is 0.312 e. The fraction of sp³-hybridized carbons (Fsp3) is 0.238. The van der Waals surface area contributed by atoms with Crippen LogP contribution < -0.4 is 0 Å². The summed E-state index contributed by atoms with van der Waals surface area (Å²) in [5, 5.41) is 2.89. The van der Waals surface area contributed by atoms with Crippen molar-refractivity contribution in [2.75, 3.05) is 0 Å². The fourth-order valence-electron chi connectivity index (χ4n) is 12.9. The van der Waals surface area contributed by atoms with Gasteiger partial charge in [0.2, 0.25) is 0 Å². The van der Waals surface area contributed by atoms with E-state index in [0.717, 1.165) is 19.3 Å². The van der Waals surface area contributed by atoms with Crippen molar-refractivity contribution < 1.29 is 0 Å². The first-order valence-corrected chi connectivity index (χ1v) is 24.0. The average molecular weight is 826 g/mol. The molecule has 312 valence electrons. The second kappa shape index (κ2) is 14.8. The molecule has 8 unspecified atom stereocenters. The van der Waals surface area contributed by atoms with E-state index in [-0.39, 0.29) is 5.92 Å². The lowest BCUT2D eigenvalue weighted by Crippen LogP contribution is -2.22. The smallest absolute Gasteiger partial charge is 0.0541 e. The molecule has 1 aromatic heterocycles. The highest BCUT2D eigenvalue weighted by Crippen LogP contribution is 2.59. The topological polar surface area (TPSA) is 4.93 Å². The van der Waals surface area contributed by atoms with Gasteiger partial charge in [0.15, 0.2) is 0 Å². The summed E-state index contributed by atoms with van der Waals surface area (Å²) in [4.78, 5) is 0. The Morgan fingerprint density at radius 3 is 2.39 bits per heavy atom. The van der Waals surface area contributed by atoms with E-state index in [1.807, 2.05) is 0 Å². The van der Waals surface area contributed by atoms with Gasteiger partial charge in [-0.25, -0.2) is 0 Å². The third-order valence-corrected chi connectivity index (χ3v) is 16.3. The van der Waals surface area contributed by atoms with Crippen molar-refractivity contribution in [2.24, 2.45) is 29.6 Å². The lowest BCUT2D eigenvalue weighted by Gasteiger charge is -2.36. The summed E-state index contributed by atoms with van der Waals surface area (Å²) < 4.78 is 2.74. The minimum absolute atomic E-state index is 0.148. The first-order valence-electron chi connectivity index (χ1n) is 24.0. The van der Waals surface area contributed by atoms with Crippen LogP contribution in [0.1, 0.15) is 97.1 Å². The Morgan fingerprint density at radius 2 is 1.52 bits per heavy atom. The molecule has 0 radical (unpaired) electrons. The lowest BCUT2D eigenvalue weighted by atomic mass is 9.73. The molecule has 2 fully saturated rings. The van der Waals surface area contributed by atoms with Crippen LogP contribution in [-0.4, -0.2) is 4.57 Å². The Bertz CT molecular complexity index is 3200. The Hall–Kier alpha value is -6.44. The summed E-state index contributed by atoms with van der Waals surface area (Å²) in [5.41, 5.74) is 22.5. The van der Waals surface area contributed by atoms with Gasteiger partial charge in [-0.3, -0.25) is 0 Å². The van der Waals surface area contributed by atoms with E-state index in [4.69, 9.17) is 6.58 Å². The molecule has 5 aromatic carbocycles. The predicted octanol–water partition coefficient (Wildman–Crippen LogP) is 16.2. The van der Waals surface area contributed by atoms with E-state index in [0.29, 0.717) is 41.4 Å². The Morgan fingerprint density at radius 1 is 0.719 bits per heavy atom. The zero-order valence-corrected chi connectivity index (χ0v) is 37.1. The monoisotopic (exact) mass is 825 g/mol. The molecule has 0 N–H and O–H groups in total. The molecule has 1 heterocycles. The van der Waals surface area contributed by atoms with E-state index >= 15 is 0 Å². The van der Waals surface area contributed by atoms with Crippen LogP contribution >= 0.6 is 0 Å². The number of para-hydroxylation sites is 1. The van der Waals surface area contributed by atoms with Crippen molar-refractivity contribution in [3.8, 4) is 0 Å². The molecule has 1 heteroatoms. The highest BCUT2D eigenvalue weighted by molar-refractivity contribution is 6.13. The summed E-state index contributed by atoms with van der Waals surface area (Å²) in [5.74, 6) is 3.75. The predicted molar refractivity (Wildman–Crippen MR) is 270 cm³/mol. The molecule has 8 atom stereocenters. The number of hydrogen-bond acceptors (Lipinski definition) is 0. The number of nitrogens with zero attached hydrogens (tertiary/aromatic N) is 1. The van der Waals surface area contributed by atoms with Crippen molar-refractivity contribution in [3.05, 3.63) is 238 Å². The normalized spacial score (nSPS) is 28.3. The summed E-state index contributed by atoms with van der Waals surface area (Å²) >= 11 is 0. The van der Waals surface area contributed by atoms with E-state index in [9.17, 15) is 0 Å². The molecule has 64 heavy (non-hydrogen) atoms. The molecule has 1 nitrogen and oxygen atoms in total. The highest BCUT2D eigenvalue weighted by atomic mass is 15.0. The van der Waals surface area contributed by atoms with Crippen molar-refractivity contribution in [1.29, 1.82) is 0 Å². The van der Waals surface area contributed by atoms with Crippen LogP contribution in [0.4, 0.5) is 0 Å². The third-order valence-electron chi connectivity index (χ3n) is 16.3. The standard InChI is InChI=1S/C63H55N/c1-38-25-26-47-34-55(47)56(46-21-14-20-45(32-46)53-31-39(2)52(41-15-6-4-7-16-41)37-54(40(53)3)42-17-8-5-9-18-42)36-49-33-44-19-10-11-22-50(44)63(60(38)49)64-58-24-13-12-23-51(58)62-59(64)30-29-43-27-28-48-35-57(48)61(43)62/h4-21,23-30,32-33,37-38,47-48,50,52,55-57H,2,22,31,34-36H2,1,3H3/b26-25-. The number of benzene rings is 5.